The van der Waals surface area contributed by atoms with E-state index in [-0.39, 0.29) is 5.91 Å². The molecule has 2 heterocycles. The molecule has 1 aliphatic heterocycles. The van der Waals surface area contributed by atoms with Gasteiger partial charge in [0.05, 0.1) is 10.7 Å². The minimum Gasteiger partial charge on any atom is -0.338 e. The third kappa shape index (κ3) is 4.39. The summed E-state index contributed by atoms with van der Waals surface area (Å²) in [4.78, 5) is 16.6. The summed E-state index contributed by atoms with van der Waals surface area (Å²) in [6.45, 7) is 6.36. The molecule has 1 aromatic carbocycles. The highest BCUT2D eigenvalue weighted by molar-refractivity contribution is 6.36. The maximum absolute atomic E-state index is 12.5. The van der Waals surface area contributed by atoms with E-state index in [0.29, 0.717) is 27.2 Å². The summed E-state index contributed by atoms with van der Waals surface area (Å²) in [6.07, 6.45) is 0. The van der Waals surface area contributed by atoms with Crippen LogP contribution in [0.4, 0.5) is 11.5 Å². The molecule has 3 rings (SSSR count). The van der Waals surface area contributed by atoms with E-state index in [0.717, 1.165) is 32.7 Å². The van der Waals surface area contributed by atoms with E-state index in [9.17, 15) is 4.79 Å². The molecule has 1 fully saturated rings. The topological polar surface area (TPSA) is 61.4 Å². The lowest BCUT2D eigenvalue weighted by molar-refractivity contribution is 0.0636. The highest BCUT2D eigenvalue weighted by Gasteiger charge is 2.22. The Morgan fingerprint density at radius 1 is 1.12 bits per heavy atom. The molecule has 0 aliphatic carbocycles. The van der Waals surface area contributed by atoms with Crippen molar-refractivity contribution in [2.75, 3.05) is 38.0 Å². The van der Waals surface area contributed by atoms with E-state index in [2.05, 4.69) is 27.3 Å². The van der Waals surface area contributed by atoms with E-state index in [1.807, 2.05) is 4.90 Å². The van der Waals surface area contributed by atoms with Crippen molar-refractivity contribution in [3.63, 3.8) is 0 Å². The normalized spacial score (nSPS) is 15.2. The number of piperazine rings is 1. The van der Waals surface area contributed by atoms with E-state index in [1.54, 1.807) is 30.3 Å². The molecule has 132 valence electrons. The Bertz CT molecular complexity index is 745. The molecule has 1 N–H and O–H groups in total. The lowest BCUT2D eigenvalue weighted by Crippen LogP contribution is -2.48. The van der Waals surface area contributed by atoms with Gasteiger partial charge in [0, 0.05) is 31.2 Å². The Balaban J connectivity index is 1.64. The van der Waals surface area contributed by atoms with Gasteiger partial charge in [0.25, 0.3) is 5.91 Å². The lowest BCUT2D eigenvalue weighted by Gasteiger charge is -2.33. The minimum atomic E-state index is -0.0840. The van der Waals surface area contributed by atoms with Gasteiger partial charge in [-0.1, -0.05) is 30.1 Å². The van der Waals surface area contributed by atoms with Crippen molar-refractivity contribution in [1.29, 1.82) is 0 Å². The summed E-state index contributed by atoms with van der Waals surface area (Å²) in [7, 11) is 0. The molecule has 1 amide bonds. The van der Waals surface area contributed by atoms with Crippen molar-refractivity contribution in [1.82, 2.24) is 20.0 Å². The van der Waals surface area contributed by atoms with Crippen molar-refractivity contribution < 1.29 is 4.79 Å². The van der Waals surface area contributed by atoms with Crippen LogP contribution >= 0.6 is 23.2 Å². The van der Waals surface area contributed by atoms with Crippen molar-refractivity contribution in [3.8, 4) is 0 Å². The number of likely N-dealkylation sites (N-methyl/N-ethyl adjacent to an activating group) is 1. The summed E-state index contributed by atoms with van der Waals surface area (Å²) in [5, 5.41) is 12.2. The number of hydrogen-bond donors (Lipinski definition) is 1. The van der Waals surface area contributed by atoms with Gasteiger partial charge in [-0.05, 0) is 36.9 Å². The Morgan fingerprint density at radius 2 is 1.88 bits per heavy atom. The number of carbonyl (C=O) groups is 1. The zero-order valence-corrected chi connectivity index (χ0v) is 15.4. The predicted octanol–water partition coefficient (Wildman–Crippen LogP) is 3.30. The SMILES string of the molecule is CCN1CCN(C(=O)c2ccc(Nc3ccc(Cl)cc3Cl)nn2)CC1. The second kappa shape index (κ2) is 7.99. The number of anilines is 2. The first-order chi connectivity index (χ1) is 12.1. The van der Waals surface area contributed by atoms with Crippen molar-refractivity contribution in [2.45, 2.75) is 6.92 Å². The largest absolute Gasteiger partial charge is 0.338 e. The molecular formula is C17H19Cl2N5O. The van der Waals surface area contributed by atoms with Crippen molar-refractivity contribution in [2.24, 2.45) is 0 Å². The summed E-state index contributed by atoms with van der Waals surface area (Å²) in [6, 6.07) is 8.53. The van der Waals surface area contributed by atoms with Gasteiger partial charge >= 0.3 is 0 Å². The van der Waals surface area contributed by atoms with Crippen LogP contribution in [-0.4, -0.2) is 58.6 Å². The van der Waals surface area contributed by atoms with Gasteiger partial charge in [0.15, 0.2) is 11.5 Å². The molecule has 0 spiro atoms. The number of hydrogen-bond acceptors (Lipinski definition) is 5. The quantitative estimate of drug-likeness (QED) is 0.882. The van der Waals surface area contributed by atoms with Crippen LogP contribution < -0.4 is 5.32 Å². The number of aromatic nitrogens is 2. The zero-order valence-electron chi connectivity index (χ0n) is 13.9. The average Bonchev–Trinajstić information content (AvgIpc) is 2.64. The summed E-state index contributed by atoms with van der Waals surface area (Å²) in [5.74, 6) is 0.427. The average molecular weight is 380 g/mol. The van der Waals surface area contributed by atoms with Crippen molar-refractivity contribution >= 4 is 40.6 Å². The minimum absolute atomic E-state index is 0.0840. The fraction of sp³-hybridized carbons (Fsp3) is 0.353. The van der Waals surface area contributed by atoms with Crippen LogP contribution in [0.1, 0.15) is 17.4 Å². The van der Waals surface area contributed by atoms with Crippen LogP contribution in [-0.2, 0) is 0 Å². The lowest BCUT2D eigenvalue weighted by atomic mass is 10.2. The summed E-state index contributed by atoms with van der Waals surface area (Å²) >= 11 is 12.0. The first kappa shape index (κ1) is 17.9. The van der Waals surface area contributed by atoms with Gasteiger partial charge in [0.2, 0.25) is 0 Å². The molecule has 1 aliphatic rings. The monoisotopic (exact) mass is 379 g/mol. The Kier molecular flexibility index (Phi) is 5.73. The Hall–Kier alpha value is -1.89. The molecule has 8 heteroatoms. The number of amides is 1. The van der Waals surface area contributed by atoms with E-state index in [4.69, 9.17) is 23.2 Å². The number of nitrogens with zero attached hydrogens (tertiary/aromatic N) is 4. The van der Waals surface area contributed by atoms with Crippen molar-refractivity contribution in [3.05, 3.63) is 46.1 Å². The summed E-state index contributed by atoms with van der Waals surface area (Å²) < 4.78 is 0. The van der Waals surface area contributed by atoms with Crippen LogP contribution in [0, 0.1) is 0 Å². The van der Waals surface area contributed by atoms with Crippen LogP contribution in [0.15, 0.2) is 30.3 Å². The molecule has 0 bridgehead atoms. The molecule has 2 aromatic rings. The Labute approximate surface area is 156 Å². The zero-order chi connectivity index (χ0) is 17.8. The molecule has 0 radical (unpaired) electrons. The van der Waals surface area contributed by atoms with E-state index in [1.165, 1.54) is 0 Å². The molecule has 0 atom stereocenters. The fourth-order valence-corrected chi connectivity index (χ4v) is 3.13. The molecule has 1 saturated heterocycles. The number of carbonyl (C=O) groups excluding carboxylic acids is 1. The summed E-state index contributed by atoms with van der Waals surface area (Å²) in [5.41, 5.74) is 1.02. The van der Waals surface area contributed by atoms with Crippen LogP contribution in [0.25, 0.3) is 0 Å². The van der Waals surface area contributed by atoms with Gasteiger partial charge in [0.1, 0.15) is 0 Å². The first-order valence-corrected chi connectivity index (χ1v) is 8.90. The number of benzene rings is 1. The molecule has 25 heavy (non-hydrogen) atoms. The fourth-order valence-electron chi connectivity index (χ4n) is 2.67. The van der Waals surface area contributed by atoms with E-state index >= 15 is 0 Å². The van der Waals surface area contributed by atoms with Gasteiger partial charge in [-0.25, -0.2) is 0 Å². The van der Waals surface area contributed by atoms with Gasteiger partial charge < -0.3 is 15.1 Å². The molecule has 0 saturated carbocycles. The molecular weight excluding hydrogens is 361 g/mol. The predicted molar refractivity (Wildman–Crippen MR) is 99.8 cm³/mol. The first-order valence-electron chi connectivity index (χ1n) is 8.14. The van der Waals surface area contributed by atoms with Crippen LogP contribution in [0.2, 0.25) is 10.0 Å². The second-order valence-corrected chi connectivity index (χ2v) is 6.62. The standard InChI is InChI=1S/C17H19Cl2N5O/c1-2-23-7-9-24(10-8-23)17(25)15-5-6-16(22-21-15)20-14-4-3-12(18)11-13(14)19/h3-6,11H,2,7-10H2,1H3,(H,20,22). The third-order valence-electron chi connectivity index (χ3n) is 4.18. The smallest absolute Gasteiger partial charge is 0.274 e. The van der Waals surface area contributed by atoms with Gasteiger partial charge in [-0.15, -0.1) is 10.2 Å². The molecule has 6 nitrogen and oxygen atoms in total. The van der Waals surface area contributed by atoms with Gasteiger partial charge in [-0.2, -0.15) is 0 Å². The van der Waals surface area contributed by atoms with E-state index < -0.39 is 0 Å². The highest BCUT2D eigenvalue weighted by atomic mass is 35.5. The molecule has 0 unspecified atom stereocenters. The molecule has 1 aromatic heterocycles. The number of nitrogens with one attached hydrogen (secondary N) is 1. The highest BCUT2D eigenvalue weighted by Crippen LogP contribution is 2.27. The number of rotatable bonds is 4. The third-order valence-corrected chi connectivity index (χ3v) is 4.73. The maximum Gasteiger partial charge on any atom is 0.274 e. The second-order valence-electron chi connectivity index (χ2n) is 5.78. The van der Waals surface area contributed by atoms with Crippen LogP contribution in [0.3, 0.4) is 0 Å². The van der Waals surface area contributed by atoms with Crippen LogP contribution in [0.5, 0.6) is 0 Å². The number of halogens is 2. The maximum atomic E-state index is 12.5. The Morgan fingerprint density at radius 3 is 2.48 bits per heavy atom. The van der Waals surface area contributed by atoms with Gasteiger partial charge in [-0.3, -0.25) is 4.79 Å².